The molecule has 0 aliphatic carbocycles. The molecule has 2 aromatic heterocycles. The van der Waals surface area contributed by atoms with Crippen LogP contribution in [0.15, 0.2) is 57.9 Å². The Balaban J connectivity index is 1.53. The maximum absolute atomic E-state index is 12.4. The molecule has 136 valence electrons. The van der Waals surface area contributed by atoms with E-state index in [1.165, 1.54) is 11.3 Å². The van der Waals surface area contributed by atoms with Crippen LogP contribution in [0.1, 0.15) is 17.3 Å². The first-order valence-corrected chi connectivity index (χ1v) is 9.07. The fourth-order valence-electron chi connectivity index (χ4n) is 2.63. The number of benzene rings is 2. The molecule has 4 rings (SSSR count). The summed E-state index contributed by atoms with van der Waals surface area (Å²) in [5.74, 6) is 0.168. The fourth-order valence-corrected chi connectivity index (χ4v) is 3.47. The second-order valence-corrected chi connectivity index (χ2v) is 6.67. The van der Waals surface area contributed by atoms with Crippen molar-refractivity contribution in [3.8, 4) is 5.75 Å². The van der Waals surface area contributed by atoms with E-state index in [0.29, 0.717) is 22.7 Å². The minimum absolute atomic E-state index is 0.0825. The average molecular weight is 381 g/mol. The van der Waals surface area contributed by atoms with Crippen molar-refractivity contribution in [2.24, 2.45) is 0 Å². The number of rotatable bonds is 5. The number of para-hydroxylation sites is 1. The quantitative estimate of drug-likeness (QED) is 0.514. The van der Waals surface area contributed by atoms with E-state index in [0.717, 1.165) is 22.2 Å². The maximum atomic E-state index is 12.4. The molecule has 2 aromatic carbocycles. The van der Waals surface area contributed by atoms with Gasteiger partial charge in [-0.15, -0.1) is 0 Å². The Morgan fingerprint density at radius 2 is 2.11 bits per heavy atom. The number of ether oxygens (including phenoxy) is 1. The van der Waals surface area contributed by atoms with E-state index in [2.05, 4.69) is 15.8 Å². The Hall–Kier alpha value is -3.39. The molecule has 0 radical (unpaired) electrons. The number of carbonyl (C=O) groups excluding carboxylic acids is 1. The van der Waals surface area contributed by atoms with E-state index >= 15 is 0 Å². The van der Waals surface area contributed by atoms with Crippen molar-refractivity contribution in [3.05, 3.63) is 64.5 Å². The largest absolute Gasteiger partial charge is 0.494 e. The van der Waals surface area contributed by atoms with Crippen LogP contribution in [0.25, 0.3) is 21.2 Å². The van der Waals surface area contributed by atoms with Gasteiger partial charge in [-0.3, -0.25) is 20.4 Å². The number of hydrazine groups is 1. The second kappa shape index (κ2) is 7.08. The minimum atomic E-state index is -0.594. The normalized spacial score (nSPS) is 10.9. The Labute approximate surface area is 157 Å². The van der Waals surface area contributed by atoms with E-state index in [9.17, 15) is 9.59 Å². The lowest BCUT2D eigenvalue weighted by Gasteiger charge is -2.05. The molecule has 0 atom stereocenters. The summed E-state index contributed by atoms with van der Waals surface area (Å²) in [4.78, 5) is 29.2. The van der Waals surface area contributed by atoms with Gasteiger partial charge in [-0.25, -0.2) is 4.98 Å². The van der Waals surface area contributed by atoms with Crippen LogP contribution < -0.4 is 21.0 Å². The monoisotopic (exact) mass is 381 g/mol. The number of aromatic nitrogens is 1. The Morgan fingerprint density at radius 1 is 1.26 bits per heavy atom. The molecular formula is C19H15N3O4S. The van der Waals surface area contributed by atoms with E-state index in [4.69, 9.17) is 9.15 Å². The van der Waals surface area contributed by atoms with Crippen LogP contribution in [0.4, 0.5) is 5.13 Å². The Morgan fingerprint density at radius 3 is 2.96 bits per heavy atom. The van der Waals surface area contributed by atoms with Crippen molar-refractivity contribution in [1.29, 1.82) is 0 Å². The molecule has 0 fully saturated rings. The highest BCUT2D eigenvalue weighted by atomic mass is 32.1. The first-order valence-electron chi connectivity index (χ1n) is 8.26. The van der Waals surface area contributed by atoms with Gasteiger partial charge in [0.2, 0.25) is 10.6 Å². The summed E-state index contributed by atoms with van der Waals surface area (Å²) >= 11 is 1.36. The molecule has 0 unspecified atom stereocenters. The molecule has 1 amide bonds. The molecule has 2 heterocycles. The molecular weight excluding hydrogens is 366 g/mol. The zero-order valence-electron chi connectivity index (χ0n) is 14.3. The van der Waals surface area contributed by atoms with Gasteiger partial charge in [0.15, 0.2) is 0 Å². The number of nitrogens with zero attached hydrogens (tertiary/aromatic N) is 1. The highest BCUT2D eigenvalue weighted by molar-refractivity contribution is 7.22. The molecule has 0 bridgehead atoms. The lowest BCUT2D eigenvalue weighted by Crippen LogP contribution is -2.32. The summed E-state index contributed by atoms with van der Waals surface area (Å²) in [6.07, 6.45) is 1.16. The third-order valence-electron chi connectivity index (χ3n) is 3.88. The first kappa shape index (κ1) is 17.0. The third-order valence-corrected chi connectivity index (χ3v) is 4.81. The van der Waals surface area contributed by atoms with Crippen LogP contribution in [0.5, 0.6) is 5.75 Å². The number of thiazole rings is 1. The zero-order chi connectivity index (χ0) is 18.8. The third kappa shape index (κ3) is 3.34. The van der Waals surface area contributed by atoms with Crippen LogP contribution in [-0.2, 0) is 0 Å². The summed E-state index contributed by atoms with van der Waals surface area (Å²) in [6, 6.07) is 12.4. The molecule has 4 aromatic rings. The van der Waals surface area contributed by atoms with Gasteiger partial charge in [-0.2, -0.15) is 0 Å². The van der Waals surface area contributed by atoms with Gasteiger partial charge in [0.25, 0.3) is 5.91 Å². The van der Waals surface area contributed by atoms with Crippen molar-refractivity contribution in [2.75, 3.05) is 12.0 Å². The zero-order valence-corrected chi connectivity index (χ0v) is 15.1. The molecule has 8 heteroatoms. The van der Waals surface area contributed by atoms with Gasteiger partial charge in [-0.05, 0) is 37.3 Å². The van der Waals surface area contributed by atoms with E-state index in [1.54, 1.807) is 24.3 Å². The molecule has 0 saturated carbocycles. The van der Waals surface area contributed by atoms with Gasteiger partial charge >= 0.3 is 0 Å². The van der Waals surface area contributed by atoms with E-state index in [1.807, 2.05) is 25.1 Å². The number of amides is 1. The van der Waals surface area contributed by atoms with Crippen molar-refractivity contribution in [1.82, 2.24) is 10.4 Å². The van der Waals surface area contributed by atoms with Crippen molar-refractivity contribution in [2.45, 2.75) is 6.92 Å². The van der Waals surface area contributed by atoms with Crippen LogP contribution in [-0.4, -0.2) is 17.5 Å². The maximum Gasteiger partial charge on any atom is 0.276 e. The summed E-state index contributed by atoms with van der Waals surface area (Å²) < 4.78 is 11.8. The van der Waals surface area contributed by atoms with Crippen LogP contribution in [0.2, 0.25) is 0 Å². The summed E-state index contributed by atoms with van der Waals surface area (Å²) in [6.45, 7) is 2.50. The lowest BCUT2D eigenvalue weighted by molar-refractivity contribution is 0.0960. The molecule has 7 nitrogen and oxygen atoms in total. The molecule has 0 spiro atoms. The van der Waals surface area contributed by atoms with Gasteiger partial charge in [0, 0.05) is 0 Å². The highest BCUT2D eigenvalue weighted by Crippen LogP contribution is 2.28. The Kier molecular flexibility index (Phi) is 4.47. The number of carbonyl (C=O) groups is 1. The number of nitrogens with one attached hydrogen (secondary N) is 2. The first-order chi connectivity index (χ1) is 13.2. The molecule has 0 saturated heterocycles. The van der Waals surface area contributed by atoms with Crippen molar-refractivity contribution >= 4 is 43.6 Å². The average Bonchev–Trinajstić information content (AvgIpc) is 3.09. The number of anilines is 1. The van der Waals surface area contributed by atoms with Crippen molar-refractivity contribution < 1.29 is 13.9 Å². The van der Waals surface area contributed by atoms with Gasteiger partial charge in [0.1, 0.15) is 23.2 Å². The van der Waals surface area contributed by atoms with Gasteiger partial charge in [0.05, 0.1) is 22.2 Å². The predicted molar refractivity (Wildman–Crippen MR) is 104 cm³/mol. The topological polar surface area (TPSA) is 93.5 Å². The standard InChI is InChI=1S/C19H15N3O4S/c1-2-25-11-7-8-14-16(9-11)27-19(20-14)22-21-18(24)13-10-26-15-6-4-3-5-12(15)17(13)23/h3-10H,2H2,1H3,(H,20,22)(H,21,24). The van der Waals surface area contributed by atoms with Crippen LogP contribution >= 0.6 is 11.3 Å². The molecule has 0 aliphatic rings. The summed E-state index contributed by atoms with van der Waals surface area (Å²) in [7, 11) is 0. The predicted octanol–water partition coefficient (Wildman–Crippen LogP) is 3.56. The SMILES string of the molecule is CCOc1ccc2nc(NNC(=O)c3coc4ccccc4c3=O)sc2c1. The van der Waals surface area contributed by atoms with Gasteiger partial charge < -0.3 is 9.15 Å². The summed E-state index contributed by atoms with van der Waals surface area (Å²) in [5.41, 5.74) is 5.98. The van der Waals surface area contributed by atoms with Gasteiger partial charge in [-0.1, -0.05) is 23.5 Å². The molecule has 0 aliphatic heterocycles. The number of fused-ring (bicyclic) bond motifs is 2. The molecule has 27 heavy (non-hydrogen) atoms. The van der Waals surface area contributed by atoms with Crippen LogP contribution in [0.3, 0.4) is 0 Å². The minimum Gasteiger partial charge on any atom is -0.494 e. The van der Waals surface area contributed by atoms with Crippen LogP contribution in [0, 0.1) is 0 Å². The number of hydrogen-bond donors (Lipinski definition) is 2. The molecule has 2 N–H and O–H groups in total. The smallest absolute Gasteiger partial charge is 0.276 e. The van der Waals surface area contributed by atoms with Crippen molar-refractivity contribution in [3.63, 3.8) is 0 Å². The van der Waals surface area contributed by atoms with E-state index < -0.39 is 5.91 Å². The summed E-state index contributed by atoms with van der Waals surface area (Å²) in [5, 5.41) is 0.853. The second-order valence-electron chi connectivity index (χ2n) is 5.64. The van der Waals surface area contributed by atoms with E-state index in [-0.39, 0.29) is 11.0 Å². The fraction of sp³-hybridized carbons (Fsp3) is 0.105. The lowest BCUT2D eigenvalue weighted by atomic mass is 10.2. The Bertz CT molecular complexity index is 1200. The highest BCUT2D eigenvalue weighted by Gasteiger charge is 2.14. The number of hydrogen-bond acceptors (Lipinski definition) is 7.